The average Bonchev–Trinajstić information content (AvgIpc) is 2.47. The lowest BCUT2D eigenvalue weighted by Crippen LogP contribution is -2.18. The van der Waals surface area contributed by atoms with Gasteiger partial charge >= 0.3 is 11.9 Å². The van der Waals surface area contributed by atoms with Crippen molar-refractivity contribution in [2.24, 2.45) is 5.92 Å². The summed E-state index contributed by atoms with van der Waals surface area (Å²) in [6.07, 6.45) is 1.24. The Labute approximate surface area is 131 Å². The molecule has 0 aromatic heterocycles. The highest BCUT2D eigenvalue weighted by molar-refractivity contribution is 5.90. The summed E-state index contributed by atoms with van der Waals surface area (Å²) in [5, 5.41) is 8.98. The third-order valence-corrected chi connectivity index (χ3v) is 3.66. The van der Waals surface area contributed by atoms with Gasteiger partial charge in [0.15, 0.2) is 0 Å². The van der Waals surface area contributed by atoms with Gasteiger partial charge in [-0.15, -0.1) is 0 Å². The van der Waals surface area contributed by atoms with Gasteiger partial charge in [0.05, 0.1) is 11.5 Å². The highest BCUT2D eigenvalue weighted by Gasteiger charge is 2.18. The molecule has 0 radical (unpaired) electrons. The second kappa shape index (κ2) is 8.54. The Morgan fingerprint density at radius 2 is 1.91 bits per heavy atom. The molecule has 1 aromatic carbocycles. The molecule has 0 aliphatic carbocycles. The molecule has 5 nitrogen and oxygen atoms in total. The molecule has 2 atom stereocenters. The second-order valence-electron chi connectivity index (χ2n) is 5.62. The van der Waals surface area contributed by atoms with Crippen molar-refractivity contribution in [1.82, 2.24) is 0 Å². The van der Waals surface area contributed by atoms with Crippen molar-refractivity contribution in [2.75, 3.05) is 0 Å². The summed E-state index contributed by atoms with van der Waals surface area (Å²) in [6, 6.07) is 5.53. The molecule has 0 amide bonds. The van der Waals surface area contributed by atoms with Crippen LogP contribution in [0.5, 0.6) is 0 Å². The van der Waals surface area contributed by atoms with Crippen LogP contribution in [0, 0.1) is 19.8 Å². The minimum absolute atomic E-state index is 0.345. The third-order valence-electron chi connectivity index (χ3n) is 3.66. The first-order valence-electron chi connectivity index (χ1n) is 7.52. The van der Waals surface area contributed by atoms with Crippen molar-refractivity contribution in [1.29, 1.82) is 0 Å². The number of rotatable bonds is 8. The SMILES string of the molecule is CCC(CCC(C)OOC(=O)c1cc(C)ccc1C)C(=O)O. The van der Waals surface area contributed by atoms with E-state index < -0.39 is 11.9 Å². The van der Waals surface area contributed by atoms with Crippen molar-refractivity contribution >= 4 is 11.9 Å². The maximum Gasteiger partial charge on any atom is 0.373 e. The van der Waals surface area contributed by atoms with E-state index in [4.69, 9.17) is 14.9 Å². The Balaban J connectivity index is 2.46. The van der Waals surface area contributed by atoms with E-state index >= 15 is 0 Å². The van der Waals surface area contributed by atoms with Gasteiger partial charge in [0, 0.05) is 0 Å². The van der Waals surface area contributed by atoms with E-state index in [1.165, 1.54) is 0 Å². The predicted octanol–water partition coefficient (Wildman–Crippen LogP) is 3.67. The smallest absolute Gasteiger partial charge is 0.373 e. The van der Waals surface area contributed by atoms with Crippen molar-refractivity contribution in [3.63, 3.8) is 0 Å². The molecular weight excluding hydrogens is 284 g/mol. The molecule has 1 N–H and O–H groups in total. The summed E-state index contributed by atoms with van der Waals surface area (Å²) in [5.74, 6) is -1.72. The molecule has 1 rings (SSSR count). The zero-order chi connectivity index (χ0) is 16.7. The molecule has 0 fully saturated rings. The minimum Gasteiger partial charge on any atom is -0.481 e. The van der Waals surface area contributed by atoms with Gasteiger partial charge < -0.3 is 5.11 Å². The molecule has 22 heavy (non-hydrogen) atoms. The van der Waals surface area contributed by atoms with Crippen LogP contribution in [0.15, 0.2) is 18.2 Å². The molecule has 5 heteroatoms. The zero-order valence-electron chi connectivity index (χ0n) is 13.6. The third kappa shape index (κ3) is 5.48. The maximum absolute atomic E-state index is 12.0. The number of carboxylic acids is 1. The molecule has 0 heterocycles. The first-order valence-corrected chi connectivity index (χ1v) is 7.52. The van der Waals surface area contributed by atoms with Gasteiger partial charge in [-0.3, -0.25) is 9.68 Å². The quantitative estimate of drug-likeness (QED) is 0.586. The zero-order valence-corrected chi connectivity index (χ0v) is 13.6. The summed E-state index contributed by atoms with van der Waals surface area (Å²) >= 11 is 0. The van der Waals surface area contributed by atoms with Crippen molar-refractivity contribution < 1.29 is 24.5 Å². The van der Waals surface area contributed by atoms with Crippen LogP contribution >= 0.6 is 0 Å². The number of hydrogen-bond acceptors (Lipinski definition) is 4. The predicted molar refractivity (Wildman–Crippen MR) is 82.5 cm³/mol. The van der Waals surface area contributed by atoms with Gasteiger partial charge in [0.1, 0.15) is 6.10 Å². The van der Waals surface area contributed by atoms with Gasteiger partial charge in [-0.1, -0.05) is 24.6 Å². The van der Waals surface area contributed by atoms with Gasteiger partial charge in [-0.25, -0.2) is 4.79 Å². The first-order chi connectivity index (χ1) is 10.3. The van der Waals surface area contributed by atoms with Crippen molar-refractivity contribution in [3.05, 3.63) is 34.9 Å². The number of benzene rings is 1. The first kappa shape index (κ1) is 18.2. The molecule has 122 valence electrons. The number of carbonyl (C=O) groups excluding carboxylic acids is 1. The van der Waals surface area contributed by atoms with E-state index in [9.17, 15) is 9.59 Å². The molecule has 0 saturated carbocycles. The number of aryl methyl sites for hydroxylation is 2. The monoisotopic (exact) mass is 308 g/mol. The summed E-state index contributed by atoms with van der Waals surface area (Å²) in [4.78, 5) is 32.9. The summed E-state index contributed by atoms with van der Waals surface area (Å²) in [6.45, 7) is 7.32. The van der Waals surface area contributed by atoms with Crippen LogP contribution in [0.4, 0.5) is 0 Å². The van der Waals surface area contributed by atoms with Crippen LogP contribution < -0.4 is 0 Å². The molecule has 1 aromatic rings. The van der Waals surface area contributed by atoms with Crippen LogP contribution in [-0.4, -0.2) is 23.1 Å². The second-order valence-corrected chi connectivity index (χ2v) is 5.62. The summed E-state index contributed by atoms with van der Waals surface area (Å²) in [5.41, 5.74) is 2.27. The lowest BCUT2D eigenvalue weighted by molar-refractivity contribution is -0.271. The summed E-state index contributed by atoms with van der Waals surface area (Å²) < 4.78 is 0. The average molecular weight is 308 g/mol. The lowest BCUT2D eigenvalue weighted by Gasteiger charge is -2.14. The van der Waals surface area contributed by atoms with Crippen molar-refractivity contribution in [2.45, 2.75) is 53.1 Å². The van der Waals surface area contributed by atoms with Gasteiger partial charge in [0.25, 0.3) is 0 Å². The van der Waals surface area contributed by atoms with Crippen LogP contribution in [0.1, 0.15) is 54.6 Å². The molecule has 0 bridgehead atoms. The van der Waals surface area contributed by atoms with E-state index in [1.54, 1.807) is 13.0 Å². The largest absolute Gasteiger partial charge is 0.481 e. The lowest BCUT2D eigenvalue weighted by atomic mass is 9.99. The van der Waals surface area contributed by atoms with Crippen LogP contribution in [0.2, 0.25) is 0 Å². The molecule has 0 aliphatic rings. The van der Waals surface area contributed by atoms with Gasteiger partial charge in [-0.05, 0) is 51.7 Å². The maximum atomic E-state index is 12.0. The number of carboxylic acid groups (broad SMARTS) is 1. The fourth-order valence-electron chi connectivity index (χ4n) is 2.11. The molecule has 0 spiro atoms. The Morgan fingerprint density at radius 3 is 2.50 bits per heavy atom. The molecule has 0 saturated heterocycles. The van der Waals surface area contributed by atoms with E-state index in [0.29, 0.717) is 24.8 Å². The molecule has 2 unspecified atom stereocenters. The standard InChI is InChI=1S/C17H24O5/c1-5-14(16(18)19)9-8-13(4)21-22-17(20)15-10-11(2)6-7-12(15)3/h6-7,10,13-14H,5,8-9H2,1-4H3,(H,18,19). The van der Waals surface area contributed by atoms with Gasteiger partial charge in [-0.2, -0.15) is 4.89 Å². The number of hydrogen-bond donors (Lipinski definition) is 1. The normalized spacial score (nSPS) is 13.5. The van der Waals surface area contributed by atoms with E-state index in [-0.39, 0.29) is 12.0 Å². The highest BCUT2D eigenvalue weighted by atomic mass is 17.2. The molecular formula is C17H24O5. The Bertz CT molecular complexity index is 524. The van der Waals surface area contributed by atoms with Crippen LogP contribution in [0.3, 0.4) is 0 Å². The van der Waals surface area contributed by atoms with E-state index in [2.05, 4.69) is 0 Å². The van der Waals surface area contributed by atoms with Gasteiger partial charge in [0.2, 0.25) is 0 Å². The highest BCUT2D eigenvalue weighted by Crippen LogP contribution is 2.16. The van der Waals surface area contributed by atoms with Crippen LogP contribution in [0.25, 0.3) is 0 Å². The topological polar surface area (TPSA) is 72.8 Å². The summed E-state index contributed by atoms with van der Waals surface area (Å²) in [7, 11) is 0. The van der Waals surface area contributed by atoms with E-state index in [0.717, 1.165) is 11.1 Å². The fourth-order valence-corrected chi connectivity index (χ4v) is 2.11. The molecule has 0 aliphatic heterocycles. The van der Waals surface area contributed by atoms with Crippen LogP contribution in [-0.2, 0) is 14.6 Å². The Kier molecular flexibility index (Phi) is 7.05. The number of carbonyl (C=O) groups is 2. The Hall–Kier alpha value is -1.88. The van der Waals surface area contributed by atoms with E-state index in [1.807, 2.05) is 32.9 Å². The minimum atomic E-state index is -0.804. The fraction of sp³-hybridized carbons (Fsp3) is 0.529. The van der Waals surface area contributed by atoms with Crippen molar-refractivity contribution in [3.8, 4) is 0 Å². The Morgan fingerprint density at radius 1 is 1.23 bits per heavy atom. The number of aliphatic carboxylic acids is 1.